The average molecular weight is 269 g/mol. The molecule has 0 spiro atoms. The maximum atomic E-state index is 10.9. The van der Waals surface area contributed by atoms with E-state index in [1.54, 1.807) is 12.1 Å². The van der Waals surface area contributed by atoms with E-state index in [4.69, 9.17) is 15.2 Å². The summed E-state index contributed by atoms with van der Waals surface area (Å²) in [5.74, 6) is 1.11. The third-order valence-electron chi connectivity index (χ3n) is 3.40. The Morgan fingerprint density at radius 2 is 1.80 bits per heavy atom. The molecule has 4 nitrogen and oxygen atoms in total. The number of aryl methyl sites for hydroxylation is 1. The minimum atomic E-state index is -0.489. The van der Waals surface area contributed by atoms with Gasteiger partial charge in [-0.15, -0.1) is 0 Å². The van der Waals surface area contributed by atoms with Crippen molar-refractivity contribution in [3.63, 3.8) is 0 Å². The number of nitrogens with two attached hydrogens (primary N) is 1. The summed E-state index contributed by atoms with van der Waals surface area (Å²) < 4.78 is 11.5. The van der Waals surface area contributed by atoms with Crippen molar-refractivity contribution in [1.29, 1.82) is 0 Å². The summed E-state index contributed by atoms with van der Waals surface area (Å²) in [4.78, 5) is 10.9. The first-order valence-electron chi connectivity index (χ1n) is 6.52. The Morgan fingerprint density at radius 3 is 2.40 bits per heavy atom. The maximum absolute atomic E-state index is 10.9. The first kappa shape index (κ1) is 12.5. The van der Waals surface area contributed by atoms with Gasteiger partial charge in [0.1, 0.15) is 0 Å². The number of fused-ring (bicyclic) bond motifs is 1. The Labute approximate surface area is 117 Å². The van der Waals surface area contributed by atoms with Crippen LogP contribution in [0.3, 0.4) is 0 Å². The van der Waals surface area contributed by atoms with Gasteiger partial charge in [-0.05, 0) is 18.1 Å². The molecular weight excluding hydrogens is 254 g/mol. The summed E-state index contributed by atoms with van der Waals surface area (Å²) in [5.41, 5.74) is 8.76. The molecule has 0 saturated carbocycles. The Hall–Kier alpha value is -2.49. The molecule has 0 aliphatic carbocycles. The van der Waals surface area contributed by atoms with Gasteiger partial charge < -0.3 is 15.2 Å². The summed E-state index contributed by atoms with van der Waals surface area (Å²) in [6, 6.07) is 11.3. The van der Waals surface area contributed by atoms with Crippen molar-refractivity contribution in [2.24, 2.45) is 0 Å². The van der Waals surface area contributed by atoms with Crippen LogP contribution in [0.4, 0.5) is 5.69 Å². The van der Waals surface area contributed by atoms with Gasteiger partial charge in [-0.1, -0.05) is 31.2 Å². The maximum Gasteiger partial charge on any atom is 0.267 e. The predicted molar refractivity (Wildman–Crippen MR) is 76.1 cm³/mol. The highest BCUT2D eigenvalue weighted by atomic mass is 16.7. The lowest BCUT2D eigenvalue weighted by atomic mass is 10.1. The van der Waals surface area contributed by atoms with Crippen molar-refractivity contribution in [2.75, 3.05) is 5.73 Å². The van der Waals surface area contributed by atoms with Crippen molar-refractivity contribution in [2.45, 2.75) is 19.6 Å². The third kappa shape index (κ3) is 2.09. The largest absolute Gasteiger partial charge is 0.447 e. The van der Waals surface area contributed by atoms with Crippen LogP contribution in [0.15, 0.2) is 36.4 Å². The lowest BCUT2D eigenvalue weighted by Crippen LogP contribution is -2.07. The second-order valence-corrected chi connectivity index (χ2v) is 4.71. The number of benzene rings is 2. The standard InChI is InChI=1S/C16H15NO3/c1-2-10-3-5-11(6-4-10)16-19-14-7-12(9-18)13(17)8-15(14)20-16/h3-9,16H,2,17H2,1H3. The molecule has 3 rings (SSSR count). The highest BCUT2D eigenvalue weighted by Crippen LogP contribution is 2.42. The SMILES string of the molecule is CCc1ccc(C2Oc3cc(N)c(C=O)cc3O2)cc1. The number of ether oxygens (including phenoxy) is 2. The zero-order valence-electron chi connectivity index (χ0n) is 11.1. The topological polar surface area (TPSA) is 61.5 Å². The van der Waals surface area contributed by atoms with Gasteiger partial charge in [0.25, 0.3) is 6.29 Å². The van der Waals surface area contributed by atoms with Crippen LogP contribution < -0.4 is 15.2 Å². The molecule has 1 aliphatic heterocycles. The number of carbonyl (C=O) groups excluding carboxylic acids is 1. The molecule has 0 fully saturated rings. The highest BCUT2D eigenvalue weighted by Gasteiger charge is 2.26. The first-order valence-corrected chi connectivity index (χ1v) is 6.52. The van der Waals surface area contributed by atoms with E-state index >= 15 is 0 Å². The Bertz CT molecular complexity index is 650. The summed E-state index contributed by atoms with van der Waals surface area (Å²) in [7, 11) is 0. The third-order valence-corrected chi connectivity index (χ3v) is 3.40. The summed E-state index contributed by atoms with van der Waals surface area (Å²) >= 11 is 0. The van der Waals surface area contributed by atoms with E-state index in [0.29, 0.717) is 29.0 Å². The molecule has 2 aromatic rings. The van der Waals surface area contributed by atoms with Gasteiger partial charge in [0.05, 0.1) is 0 Å². The fourth-order valence-electron chi connectivity index (χ4n) is 2.18. The van der Waals surface area contributed by atoms with E-state index in [9.17, 15) is 4.79 Å². The number of hydrogen-bond donors (Lipinski definition) is 1. The molecule has 0 aromatic heterocycles. The summed E-state index contributed by atoms with van der Waals surface area (Å²) in [6.45, 7) is 2.11. The molecule has 1 heterocycles. The van der Waals surface area contributed by atoms with Crippen LogP contribution in [0.5, 0.6) is 11.5 Å². The monoisotopic (exact) mass is 269 g/mol. The molecule has 0 amide bonds. The fourth-order valence-corrected chi connectivity index (χ4v) is 2.18. The molecule has 1 unspecified atom stereocenters. The molecule has 2 N–H and O–H groups in total. The van der Waals surface area contributed by atoms with Gasteiger partial charge in [-0.2, -0.15) is 0 Å². The zero-order valence-corrected chi connectivity index (χ0v) is 11.1. The Balaban J connectivity index is 1.87. The molecular formula is C16H15NO3. The van der Waals surface area contributed by atoms with Crippen LogP contribution in [0, 0.1) is 0 Å². The van der Waals surface area contributed by atoms with Crippen LogP contribution in [0.25, 0.3) is 0 Å². The Kier molecular flexibility index (Phi) is 3.06. The van der Waals surface area contributed by atoms with Crippen LogP contribution in [-0.2, 0) is 6.42 Å². The van der Waals surface area contributed by atoms with Gasteiger partial charge in [0, 0.05) is 22.9 Å². The van der Waals surface area contributed by atoms with Crippen molar-refractivity contribution in [1.82, 2.24) is 0 Å². The van der Waals surface area contributed by atoms with Crippen molar-refractivity contribution in [3.8, 4) is 11.5 Å². The number of aldehydes is 1. The minimum Gasteiger partial charge on any atom is -0.447 e. The van der Waals surface area contributed by atoms with Crippen LogP contribution in [0.2, 0.25) is 0 Å². The predicted octanol–water partition coefficient (Wildman–Crippen LogP) is 3.11. The second-order valence-electron chi connectivity index (χ2n) is 4.71. The second kappa shape index (κ2) is 4.89. The molecule has 0 saturated heterocycles. The quantitative estimate of drug-likeness (QED) is 0.687. The lowest BCUT2D eigenvalue weighted by Gasteiger charge is -2.10. The number of rotatable bonds is 3. The number of nitrogen functional groups attached to an aromatic ring is 1. The van der Waals surface area contributed by atoms with Crippen molar-refractivity contribution >= 4 is 12.0 Å². The van der Waals surface area contributed by atoms with Gasteiger partial charge in [0.2, 0.25) is 0 Å². The molecule has 2 aromatic carbocycles. The summed E-state index contributed by atoms with van der Waals surface area (Å²) in [5, 5.41) is 0. The fraction of sp³-hybridized carbons (Fsp3) is 0.188. The van der Waals surface area contributed by atoms with Crippen LogP contribution >= 0.6 is 0 Å². The van der Waals surface area contributed by atoms with E-state index in [1.165, 1.54) is 5.56 Å². The lowest BCUT2D eigenvalue weighted by molar-refractivity contribution is 0.0487. The molecule has 1 atom stereocenters. The van der Waals surface area contributed by atoms with Gasteiger partial charge >= 0.3 is 0 Å². The number of anilines is 1. The van der Waals surface area contributed by atoms with Crippen molar-refractivity contribution in [3.05, 3.63) is 53.1 Å². The smallest absolute Gasteiger partial charge is 0.267 e. The average Bonchev–Trinajstić information content (AvgIpc) is 2.89. The van der Waals surface area contributed by atoms with Gasteiger partial charge in [0.15, 0.2) is 17.8 Å². The van der Waals surface area contributed by atoms with E-state index in [-0.39, 0.29) is 0 Å². The number of carbonyl (C=O) groups is 1. The molecule has 1 aliphatic rings. The van der Waals surface area contributed by atoms with E-state index in [1.807, 2.05) is 12.1 Å². The zero-order chi connectivity index (χ0) is 14.1. The van der Waals surface area contributed by atoms with Crippen LogP contribution in [0.1, 0.15) is 34.7 Å². The van der Waals surface area contributed by atoms with Gasteiger partial charge in [-0.25, -0.2) is 0 Å². The number of hydrogen-bond acceptors (Lipinski definition) is 4. The van der Waals surface area contributed by atoms with Crippen molar-refractivity contribution < 1.29 is 14.3 Å². The van der Waals surface area contributed by atoms with E-state index in [2.05, 4.69) is 19.1 Å². The minimum absolute atomic E-state index is 0.393. The van der Waals surface area contributed by atoms with E-state index < -0.39 is 6.29 Å². The van der Waals surface area contributed by atoms with Gasteiger partial charge in [-0.3, -0.25) is 4.79 Å². The molecule has 4 heteroatoms. The molecule has 0 radical (unpaired) electrons. The molecule has 20 heavy (non-hydrogen) atoms. The molecule has 102 valence electrons. The first-order chi connectivity index (χ1) is 9.71. The molecule has 0 bridgehead atoms. The van der Waals surface area contributed by atoms with Crippen LogP contribution in [-0.4, -0.2) is 6.29 Å². The highest BCUT2D eigenvalue weighted by molar-refractivity contribution is 5.85. The normalized spacial score (nSPS) is 16.1. The van der Waals surface area contributed by atoms with E-state index in [0.717, 1.165) is 12.0 Å². The summed E-state index contributed by atoms with van der Waals surface area (Å²) in [6.07, 6.45) is 1.21. The Morgan fingerprint density at radius 1 is 1.15 bits per heavy atom.